The van der Waals surface area contributed by atoms with Gasteiger partial charge in [-0.1, -0.05) is 35.9 Å². The normalized spacial score (nSPS) is 17.3. The van der Waals surface area contributed by atoms with Crippen LogP contribution in [0.15, 0.2) is 60.0 Å². The molecule has 1 N–H and O–H groups in total. The molecule has 1 aliphatic heterocycles. The number of aromatic nitrogens is 2. The smallest absolute Gasteiger partial charge is 0.0940 e. The van der Waals surface area contributed by atoms with E-state index < -0.39 is 0 Å². The van der Waals surface area contributed by atoms with E-state index in [0.29, 0.717) is 0 Å². The molecule has 0 bridgehead atoms. The Balaban J connectivity index is 1.65. The first-order valence-electron chi connectivity index (χ1n) is 7.09. The number of hydrogen-bond donors (Lipinski definition) is 1. The fourth-order valence-corrected chi connectivity index (χ4v) is 2.87. The van der Waals surface area contributed by atoms with Crippen LogP contribution in [0.2, 0.25) is 5.02 Å². The molecule has 0 spiro atoms. The van der Waals surface area contributed by atoms with E-state index in [2.05, 4.69) is 26.6 Å². The molecular weight excluding hydrogens is 296 g/mol. The molecule has 4 nitrogen and oxygen atoms in total. The highest BCUT2D eigenvalue weighted by atomic mass is 35.5. The minimum absolute atomic E-state index is 0.117. The second kappa shape index (κ2) is 5.39. The van der Waals surface area contributed by atoms with Gasteiger partial charge in [-0.05, 0) is 23.8 Å². The van der Waals surface area contributed by atoms with Crippen LogP contribution in [0.5, 0.6) is 0 Å². The number of fused-ring (bicyclic) bond motifs is 1. The molecule has 3 aromatic rings. The topological polar surface area (TPSA) is 50.2 Å². The van der Waals surface area contributed by atoms with Crippen LogP contribution in [-0.2, 0) is 0 Å². The Labute approximate surface area is 132 Å². The average molecular weight is 309 g/mol. The van der Waals surface area contributed by atoms with Crippen molar-refractivity contribution in [2.45, 2.75) is 12.5 Å². The van der Waals surface area contributed by atoms with Crippen LogP contribution in [0, 0.1) is 0 Å². The van der Waals surface area contributed by atoms with Crippen LogP contribution in [-0.4, -0.2) is 15.7 Å². The van der Waals surface area contributed by atoms with Gasteiger partial charge in [-0.3, -0.25) is 9.97 Å². The number of nitrogens with zero attached hydrogens (tertiary/aromatic N) is 3. The number of benzene rings is 2. The van der Waals surface area contributed by atoms with Crippen LogP contribution in [0.1, 0.15) is 23.6 Å². The van der Waals surface area contributed by atoms with Crippen molar-refractivity contribution >= 4 is 28.3 Å². The lowest BCUT2D eigenvalue weighted by atomic mass is 9.98. The quantitative estimate of drug-likeness (QED) is 0.785. The molecule has 2 heterocycles. The Morgan fingerprint density at radius 2 is 1.82 bits per heavy atom. The van der Waals surface area contributed by atoms with Crippen molar-refractivity contribution in [2.24, 2.45) is 5.10 Å². The van der Waals surface area contributed by atoms with Crippen LogP contribution < -0.4 is 5.43 Å². The maximum Gasteiger partial charge on any atom is 0.0940 e. The summed E-state index contributed by atoms with van der Waals surface area (Å²) >= 11 is 5.94. The second-order valence-corrected chi connectivity index (χ2v) is 5.66. The third-order valence-corrected chi connectivity index (χ3v) is 4.09. The van der Waals surface area contributed by atoms with Crippen molar-refractivity contribution in [3.8, 4) is 0 Å². The van der Waals surface area contributed by atoms with E-state index in [-0.39, 0.29) is 6.04 Å². The van der Waals surface area contributed by atoms with Crippen molar-refractivity contribution in [3.63, 3.8) is 0 Å². The molecule has 0 amide bonds. The van der Waals surface area contributed by atoms with Gasteiger partial charge < -0.3 is 5.43 Å². The first-order chi connectivity index (χ1) is 10.8. The summed E-state index contributed by atoms with van der Waals surface area (Å²) in [4.78, 5) is 8.82. The number of hydrazone groups is 1. The molecule has 0 saturated carbocycles. The highest BCUT2D eigenvalue weighted by molar-refractivity contribution is 6.30. The molecule has 1 unspecified atom stereocenters. The number of rotatable bonds is 2. The van der Waals surface area contributed by atoms with Gasteiger partial charge in [0.25, 0.3) is 0 Å². The van der Waals surface area contributed by atoms with Gasteiger partial charge in [0.2, 0.25) is 0 Å². The van der Waals surface area contributed by atoms with Crippen molar-refractivity contribution in [1.82, 2.24) is 15.4 Å². The molecule has 5 heteroatoms. The average Bonchev–Trinajstić information content (AvgIpc) is 3.05. The first kappa shape index (κ1) is 13.2. The van der Waals surface area contributed by atoms with E-state index in [1.54, 1.807) is 12.4 Å². The van der Waals surface area contributed by atoms with Crippen LogP contribution in [0.3, 0.4) is 0 Å². The molecule has 2 aromatic carbocycles. The van der Waals surface area contributed by atoms with E-state index in [1.807, 2.05) is 36.4 Å². The van der Waals surface area contributed by atoms with Crippen molar-refractivity contribution in [1.29, 1.82) is 0 Å². The van der Waals surface area contributed by atoms with Crippen LogP contribution >= 0.6 is 11.6 Å². The standard InChI is InChI=1S/C17H13ClN4/c18-12-6-4-11(5-7-12)15-10-16(22-21-15)13-2-1-3-14-17(13)20-9-8-19-14/h1-9,16,22H,10H2. The molecule has 0 fully saturated rings. The maximum atomic E-state index is 5.94. The molecule has 22 heavy (non-hydrogen) atoms. The van der Waals surface area contributed by atoms with E-state index >= 15 is 0 Å². The Bertz CT molecular complexity index is 853. The van der Waals surface area contributed by atoms with E-state index in [0.717, 1.165) is 39.3 Å². The number of nitrogens with one attached hydrogen (secondary N) is 1. The summed E-state index contributed by atoms with van der Waals surface area (Å²) in [7, 11) is 0. The van der Waals surface area contributed by atoms with Gasteiger partial charge in [-0.2, -0.15) is 5.10 Å². The maximum absolute atomic E-state index is 5.94. The third kappa shape index (κ3) is 2.31. The van der Waals surface area contributed by atoms with Crippen molar-refractivity contribution < 1.29 is 0 Å². The molecule has 1 aliphatic rings. The summed E-state index contributed by atoms with van der Waals surface area (Å²) in [6.45, 7) is 0. The summed E-state index contributed by atoms with van der Waals surface area (Å²) < 4.78 is 0. The molecule has 108 valence electrons. The van der Waals surface area contributed by atoms with Gasteiger partial charge in [0.1, 0.15) is 0 Å². The van der Waals surface area contributed by atoms with E-state index in [9.17, 15) is 0 Å². The molecule has 1 aromatic heterocycles. The van der Waals surface area contributed by atoms with E-state index in [4.69, 9.17) is 11.6 Å². The van der Waals surface area contributed by atoms with Crippen LogP contribution in [0.4, 0.5) is 0 Å². The highest BCUT2D eigenvalue weighted by Crippen LogP contribution is 2.28. The molecule has 0 radical (unpaired) electrons. The number of hydrogen-bond acceptors (Lipinski definition) is 4. The summed E-state index contributed by atoms with van der Waals surface area (Å²) in [5.74, 6) is 0. The molecule has 0 saturated heterocycles. The highest BCUT2D eigenvalue weighted by Gasteiger charge is 2.23. The lowest BCUT2D eigenvalue weighted by molar-refractivity contribution is 0.623. The fourth-order valence-electron chi connectivity index (χ4n) is 2.74. The zero-order chi connectivity index (χ0) is 14.9. The zero-order valence-electron chi connectivity index (χ0n) is 11.7. The monoisotopic (exact) mass is 308 g/mol. The summed E-state index contributed by atoms with van der Waals surface area (Å²) in [6.07, 6.45) is 4.25. The van der Waals surface area contributed by atoms with E-state index in [1.165, 1.54) is 0 Å². The van der Waals surface area contributed by atoms with Gasteiger partial charge in [0.05, 0.1) is 22.8 Å². The molecule has 0 aliphatic carbocycles. The lowest BCUT2D eigenvalue weighted by Crippen LogP contribution is -2.11. The number of para-hydroxylation sites is 1. The fraction of sp³-hybridized carbons (Fsp3) is 0.118. The molecule has 4 rings (SSSR count). The first-order valence-corrected chi connectivity index (χ1v) is 7.47. The van der Waals surface area contributed by atoms with Gasteiger partial charge in [-0.25, -0.2) is 0 Å². The van der Waals surface area contributed by atoms with Gasteiger partial charge in [0, 0.05) is 29.4 Å². The minimum atomic E-state index is 0.117. The third-order valence-electron chi connectivity index (χ3n) is 3.84. The van der Waals surface area contributed by atoms with Crippen molar-refractivity contribution in [3.05, 3.63) is 71.0 Å². The zero-order valence-corrected chi connectivity index (χ0v) is 12.5. The Morgan fingerprint density at radius 1 is 1.00 bits per heavy atom. The Morgan fingerprint density at radius 3 is 2.68 bits per heavy atom. The largest absolute Gasteiger partial charge is 0.302 e. The van der Waals surface area contributed by atoms with Crippen LogP contribution in [0.25, 0.3) is 11.0 Å². The second-order valence-electron chi connectivity index (χ2n) is 5.22. The minimum Gasteiger partial charge on any atom is -0.302 e. The summed E-state index contributed by atoms with van der Waals surface area (Å²) in [5, 5.41) is 5.21. The predicted octanol–water partition coefficient (Wildman–Crippen LogP) is 3.72. The lowest BCUT2D eigenvalue weighted by Gasteiger charge is -2.12. The van der Waals surface area contributed by atoms with Gasteiger partial charge in [0.15, 0.2) is 0 Å². The Kier molecular flexibility index (Phi) is 3.24. The molecule has 1 atom stereocenters. The van der Waals surface area contributed by atoms with Crippen molar-refractivity contribution in [2.75, 3.05) is 0 Å². The molecular formula is C17H13ClN4. The number of halogens is 1. The predicted molar refractivity (Wildman–Crippen MR) is 88.0 cm³/mol. The van der Waals surface area contributed by atoms with Gasteiger partial charge in [-0.15, -0.1) is 0 Å². The van der Waals surface area contributed by atoms with Gasteiger partial charge >= 0.3 is 0 Å². The SMILES string of the molecule is Clc1ccc(C2=NNC(c3cccc4nccnc34)C2)cc1. The Hall–Kier alpha value is -2.46. The summed E-state index contributed by atoms with van der Waals surface area (Å²) in [6, 6.07) is 13.9. The summed E-state index contributed by atoms with van der Waals surface area (Å²) in [5.41, 5.74) is 8.29.